The summed E-state index contributed by atoms with van der Waals surface area (Å²) in [5.41, 5.74) is 1.87. The highest BCUT2D eigenvalue weighted by Gasteiger charge is 2.33. The van der Waals surface area contributed by atoms with Crippen LogP contribution in [0.3, 0.4) is 0 Å². The molecule has 5 heteroatoms. The average molecular weight is 311 g/mol. The SMILES string of the molecule is Cc1ccc(C(=O)N2CC(Oc3ccc4c(c3)OCO4)C2)cc1. The van der Waals surface area contributed by atoms with Crippen LogP contribution in [0.25, 0.3) is 0 Å². The number of hydrogen-bond acceptors (Lipinski definition) is 4. The van der Waals surface area contributed by atoms with E-state index in [0.29, 0.717) is 18.8 Å². The molecule has 0 bridgehead atoms. The number of carbonyl (C=O) groups is 1. The lowest BCUT2D eigenvalue weighted by atomic mass is 10.1. The van der Waals surface area contributed by atoms with Gasteiger partial charge in [-0.2, -0.15) is 0 Å². The fourth-order valence-corrected chi connectivity index (χ4v) is 2.70. The van der Waals surface area contributed by atoms with Crippen LogP contribution in [-0.4, -0.2) is 36.8 Å². The van der Waals surface area contributed by atoms with Crippen LogP contribution in [0.2, 0.25) is 0 Å². The Morgan fingerprint density at radius 3 is 2.61 bits per heavy atom. The maximum absolute atomic E-state index is 12.3. The summed E-state index contributed by atoms with van der Waals surface area (Å²) < 4.78 is 16.5. The molecule has 2 aliphatic rings. The van der Waals surface area contributed by atoms with Gasteiger partial charge in [-0.25, -0.2) is 0 Å². The van der Waals surface area contributed by atoms with Crippen LogP contribution in [0.4, 0.5) is 0 Å². The van der Waals surface area contributed by atoms with Crippen LogP contribution in [-0.2, 0) is 0 Å². The monoisotopic (exact) mass is 311 g/mol. The molecule has 23 heavy (non-hydrogen) atoms. The van der Waals surface area contributed by atoms with Gasteiger partial charge in [0.25, 0.3) is 5.91 Å². The quantitative estimate of drug-likeness (QED) is 0.874. The van der Waals surface area contributed by atoms with Gasteiger partial charge < -0.3 is 19.1 Å². The molecule has 0 aliphatic carbocycles. The van der Waals surface area contributed by atoms with Crippen molar-refractivity contribution in [3.05, 3.63) is 53.6 Å². The van der Waals surface area contributed by atoms with Crippen molar-refractivity contribution in [3.8, 4) is 17.2 Å². The number of carbonyl (C=O) groups excluding carboxylic acids is 1. The zero-order valence-electron chi connectivity index (χ0n) is 12.8. The molecule has 2 aromatic rings. The van der Waals surface area contributed by atoms with Gasteiger partial charge in [0.1, 0.15) is 11.9 Å². The number of ether oxygens (including phenoxy) is 3. The van der Waals surface area contributed by atoms with Crippen LogP contribution < -0.4 is 14.2 Å². The Morgan fingerprint density at radius 1 is 1.09 bits per heavy atom. The lowest BCUT2D eigenvalue weighted by Crippen LogP contribution is -2.56. The van der Waals surface area contributed by atoms with Crippen LogP contribution >= 0.6 is 0 Å². The third kappa shape index (κ3) is 2.70. The molecule has 2 aliphatic heterocycles. The molecule has 0 atom stereocenters. The standard InChI is InChI=1S/C18H17NO4/c1-12-2-4-13(5-3-12)18(20)19-9-15(10-19)23-14-6-7-16-17(8-14)22-11-21-16/h2-8,15H,9-11H2,1H3. The predicted molar refractivity (Wildman–Crippen MR) is 84.1 cm³/mol. The maximum atomic E-state index is 12.3. The Morgan fingerprint density at radius 2 is 1.83 bits per heavy atom. The van der Waals surface area contributed by atoms with Crippen LogP contribution in [0, 0.1) is 6.92 Å². The Hall–Kier alpha value is -2.69. The van der Waals surface area contributed by atoms with E-state index in [1.54, 1.807) is 4.90 Å². The van der Waals surface area contributed by atoms with Crippen LogP contribution in [0.1, 0.15) is 15.9 Å². The largest absolute Gasteiger partial charge is 0.487 e. The fourth-order valence-electron chi connectivity index (χ4n) is 2.70. The van der Waals surface area contributed by atoms with Gasteiger partial charge in [-0.05, 0) is 31.2 Å². The highest BCUT2D eigenvalue weighted by Crippen LogP contribution is 2.35. The summed E-state index contributed by atoms with van der Waals surface area (Å²) in [5, 5.41) is 0. The first kappa shape index (κ1) is 13.9. The van der Waals surface area contributed by atoms with Crippen molar-refractivity contribution in [2.75, 3.05) is 19.9 Å². The summed E-state index contributed by atoms with van der Waals surface area (Å²) in [6.45, 7) is 3.45. The molecule has 1 amide bonds. The highest BCUT2D eigenvalue weighted by molar-refractivity contribution is 5.94. The van der Waals surface area contributed by atoms with Crippen LogP contribution in [0.5, 0.6) is 17.2 Å². The Labute approximate surface area is 134 Å². The van der Waals surface area contributed by atoms with Crippen molar-refractivity contribution >= 4 is 5.91 Å². The average Bonchev–Trinajstić information content (AvgIpc) is 2.98. The van der Waals surface area contributed by atoms with Crippen LogP contribution in [0.15, 0.2) is 42.5 Å². The van der Waals surface area contributed by atoms with Crippen molar-refractivity contribution in [2.45, 2.75) is 13.0 Å². The normalized spacial score (nSPS) is 16.1. The lowest BCUT2D eigenvalue weighted by molar-refractivity contribution is 0.0177. The van der Waals surface area contributed by atoms with E-state index in [9.17, 15) is 4.79 Å². The third-order valence-corrected chi connectivity index (χ3v) is 4.08. The Bertz CT molecular complexity index is 735. The Kier molecular flexibility index (Phi) is 3.33. The molecule has 0 N–H and O–H groups in total. The fraction of sp³-hybridized carbons (Fsp3) is 0.278. The zero-order valence-corrected chi connectivity index (χ0v) is 12.8. The number of rotatable bonds is 3. The molecule has 0 spiro atoms. The molecule has 5 nitrogen and oxygen atoms in total. The maximum Gasteiger partial charge on any atom is 0.254 e. The number of fused-ring (bicyclic) bond motifs is 1. The molecule has 118 valence electrons. The summed E-state index contributed by atoms with van der Waals surface area (Å²) in [5.74, 6) is 2.23. The minimum absolute atomic E-state index is 0.0183. The number of benzene rings is 2. The first-order chi connectivity index (χ1) is 11.2. The second-order valence-electron chi connectivity index (χ2n) is 5.83. The molecule has 0 unspecified atom stereocenters. The van der Waals surface area contributed by atoms with Gasteiger partial charge in [0.15, 0.2) is 11.5 Å². The first-order valence-electron chi connectivity index (χ1n) is 7.61. The number of nitrogens with zero attached hydrogens (tertiary/aromatic N) is 1. The van der Waals surface area contributed by atoms with Crippen molar-refractivity contribution in [1.29, 1.82) is 0 Å². The van der Waals surface area contributed by atoms with Gasteiger partial charge in [-0.1, -0.05) is 17.7 Å². The second kappa shape index (κ2) is 5.50. The van der Waals surface area contributed by atoms with E-state index in [2.05, 4.69) is 0 Å². The molecule has 0 radical (unpaired) electrons. The molecular formula is C18H17NO4. The molecule has 2 heterocycles. The Balaban J connectivity index is 1.34. The van der Waals surface area contributed by atoms with E-state index < -0.39 is 0 Å². The van der Waals surface area contributed by atoms with E-state index in [-0.39, 0.29) is 18.8 Å². The van der Waals surface area contributed by atoms with Gasteiger partial charge in [-0.3, -0.25) is 4.79 Å². The van der Waals surface area contributed by atoms with Crippen molar-refractivity contribution in [3.63, 3.8) is 0 Å². The smallest absolute Gasteiger partial charge is 0.254 e. The second-order valence-corrected chi connectivity index (χ2v) is 5.83. The summed E-state index contributed by atoms with van der Waals surface area (Å²) >= 11 is 0. The van der Waals surface area contributed by atoms with Crippen molar-refractivity contribution in [2.24, 2.45) is 0 Å². The zero-order chi connectivity index (χ0) is 15.8. The van der Waals surface area contributed by atoms with Gasteiger partial charge in [0, 0.05) is 11.6 Å². The number of aryl methyl sites for hydroxylation is 1. The summed E-state index contributed by atoms with van der Waals surface area (Å²) in [6.07, 6.45) is 0.0183. The molecule has 1 fully saturated rings. The first-order valence-corrected chi connectivity index (χ1v) is 7.61. The lowest BCUT2D eigenvalue weighted by Gasteiger charge is -2.39. The number of amides is 1. The van der Waals surface area contributed by atoms with E-state index in [4.69, 9.17) is 14.2 Å². The molecule has 2 aromatic carbocycles. The molecule has 0 saturated carbocycles. The van der Waals surface area contributed by atoms with E-state index in [1.807, 2.05) is 49.4 Å². The number of likely N-dealkylation sites (tertiary alicyclic amines) is 1. The summed E-state index contributed by atoms with van der Waals surface area (Å²) in [4.78, 5) is 14.1. The van der Waals surface area contributed by atoms with E-state index in [0.717, 1.165) is 22.6 Å². The molecular weight excluding hydrogens is 294 g/mol. The molecule has 1 saturated heterocycles. The van der Waals surface area contributed by atoms with Crippen molar-refractivity contribution < 1.29 is 19.0 Å². The topological polar surface area (TPSA) is 48.0 Å². The van der Waals surface area contributed by atoms with Crippen molar-refractivity contribution in [1.82, 2.24) is 4.90 Å². The highest BCUT2D eigenvalue weighted by atomic mass is 16.7. The summed E-state index contributed by atoms with van der Waals surface area (Å²) in [7, 11) is 0. The van der Waals surface area contributed by atoms with Gasteiger partial charge in [0.05, 0.1) is 13.1 Å². The minimum atomic E-state index is 0.0183. The summed E-state index contributed by atoms with van der Waals surface area (Å²) in [6, 6.07) is 13.2. The number of hydrogen-bond donors (Lipinski definition) is 0. The van der Waals surface area contributed by atoms with Gasteiger partial charge in [-0.15, -0.1) is 0 Å². The van der Waals surface area contributed by atoms with E-state index in [1.165, 1.54) is 0 Å². The molecule has 4 rings (SSSR count). The van der Waals surface area contributed by atoms with E-state index >= 15 is 0 Å². The molecule has 0 aromatic heterocycles. The minimum Gasteiger partial charge on any atom is -0.487 e. The van der Waals surface area contributed by atoms with Gasteiger partial charge in [0.2, 0.25) is 6.79 Å². The third-order valence-electron chi connectivity index (χ3n) is 4.08. The van der Waals surface area contributed by atoms with Gasteiger partial charge >= 0.3 is 0 Å². The predicted octanol–water partition coefficient (Wildman–Crippen LogP) is 2.63.